The Morgan fingerprint density at radius 3 is 2.74 bits per heavy atom. The summed E-state index contributed by atoms with van der Waals surface area (Å²) in [4.78, 5) is 36.5. The number of ether oxygens (including phenoxy) is 3. The highest BCUT2D eigenvalue weighted by molar-refractivity contribution is 7.09. The van der Waals surface area contributed by atoms with Crippen LogP contribution in [0.25, 0.3) is 0 Å². The second kappa shape index (κ2) is 9.04. The molecule has 0 bridgehead atoms. The van der Waals surface area contributed by atoms with Crippen LogP contribution in [0.4, 0.5) is 4.79 Å². The number of carbonyl (C=O) groups excluding carboxylic acids is 3. The minimum Gasteiger partial charge on any atom is -0.485 e. The van der Waals surface area contributed by atoms with E-state index in [-0.39, 0.29) is 6.61 Å². The fourth-order valence-corrected chi connectivity index (χ4v) is 3.04. The first kappa shape index (κ1) is 18.7. The van der Waals surface area contributed by atoms with Gasteiger partial charge in [-0.1, -0.05) is 18.2 Å². The molecular formula is C18H18N2O6S. The molecule has 0 saturated carbocycles. The summed E-state index contributed by atoms with van der Waals surface area (Å²) in [6.45, 7) is -0.203. The van der Waals surface area contributed by atoms with Crippen LogP contribution < -0.4 is 20.1 Å². The number of benzene rings is 1. The molecule has 1 aliphatic heterocycles. The van der Waals surface area contributed by atoms with Gasteiger partial charge in [-0.15, -0.1) is 11.3 Å². The van der Waals surface area contributed by atoms with Crippen molar-refractivity contribution in [3.8, 4) is 11.5 Å². The standard InChI is InChI=1S/C18H18N2O6S/c21-16(20-18(23)19-8-7-12-4-3-9-27-12)11-25-17(22)15-10-24-13-5-1-2-6-14(13)26-15/h1-6,9,15H,7-8,10-11H2,(H2,19,20,21,23). The van der Waals surface area contributed by atoms with Crippen LogP contribution in [0.2, 0.25) is 0 Å². The third kappa shape index (κ3) is 5.45. The van der Waals surface area contributed by atoms with E-state index >= 15 is 0 Å². The Hall–Kier alpha value is -3.07. The molecule has 0 fully saturated rings. The van der Waals surface area contributed by atoms with Crippen LogP contribution in [0, 0.1) is 0 Å². The topological polar surface area (TPSA) is 103 Å². The zero-order valence-electron chi connectivity index (χ0n) is 14.3. The Morgan fingerprint density at radius 2 is 1.96 bits per heavy atom. The van der Waals surface area contributed by atoms with Crippen LogP contribution in [-0.4, -0.2) is 43.8 Å². The lowest BCUT2D eigenvalue weighted by Crippen LogP contribution is -2.43. The van der Waals surface area contributed by atoms with Gasteiger partial charge in [0.25, 0.3) is 5.91 Å². The summed E-state index contributed by atoms with van der Waals surface area (Å²) in [5.41, 5.74) is 0. The van der Waals surface area contributed by atoms with Gasteiger partial charge in [0.2, 0.25) is 6.10 Å². The van der Waals surface area contributed by atoms with Crippen LogP contribution in [0.5, 0.6) is 11.5 Å². The minimum atomic E-state index is -0.965. The first-order valence-electron chi connectivity index (χ1n) is 8.27. The molecule has 3 rings (SSSR count). The van der Waals surface area contributed by atoms with Crippen LogP contribution in [0.15, 0.2) is 41.8 Å². The molecule has 1 unspecified atom stereocenters. The van der Waals surface area contributed by atoms with E-state index < -0.39 is 30.6 Å². The van der Waals surface area contributed by atoms with Gasteiger partial charge >= 0.3 is 12.0 Å². The van der Waals surface area contributed by atoms with E-state index in [2.05, 4.69) is 10.6 Å². The van der Waals surface area contributed by atoms with Gasteiger partial charge in [-0.2, -0.15) is 0 Å². The molecule has 1 aromatic carbocycles. The molecule has 142 valence electrons. The quantitative estimate of drug-likeness (QED) is 0.725. The lowest BCUT2D eigenvalue weighted by Gasteiger charge is -2.24. The van der Waals surface area contributed by atoms with E-state index in [9.17, 15) is 14.4 Å². The molecular weight excluding hydrogens is 372 g/mol. The monoisotopic (exact) mass is 390 g/mol. The van der Waals surface area contributed by atoms with Crippen molar-refractivity contribution in [3.63, 3.8) is 0 Å². The van der Waals surface area contributed by atoms with Gasteiger partial charge in [-0.3, -0.25) is 10.1 Å². The van der Waals surface area contributed by atoms with Gasteiger partial charge in [-0.25, -0.2) is 9.59 Å². The van der Waals surface area contributed by atoms with Gasteiger partial charge in [0.05, 0.1) is 0 Å². The average Bonchev–Trinajstić information content (AvgIpc) is 3.19. The number of esters is 1. The van der Waals surface area contributed by atoms with Gasteiger partial charge in [-0.05, 0) is 30.0 Å². The first-order chi connectivity index (χ1) is 13.1. The number of para-hydroxylation sites is 2. The van der Waals surface area contributed by atoms with Crippen molar-refractivity contribution in [3.05, 3.63) is 46.7 Å². The maximum absolute atomic E-state index is 12.0. The normalized spacial score (nSPS) is 14.9. The predicted molar refractivity (Wildman–Crippen MR) is 96.9 cm³/mol. The highest BCUT2D eigenvalue weighted by atomic mass is 32.1. The molecule has 0 radical (unpaired) electrons. The summed E-state index contributed by atoms with van der Waals surface area (Å²) >= 11 is 1.59. The number of carbonyl (C=O) groups is 3. The molecule has 2 N–H and O–H groups in total. The summed E-state index contributed by atoms with van der Waals surface area (Å²) in [6.07, 6.45) is -0.290. The highest BCUT2D eigenvalue weighted by Gasteiger charge is 2.29. The molecule has 27 heavy (non-hydrogen) atoms. The summed E-state index contributed by atoms with van der Waals surface area (Å²) in [6, 6.07) is 10.2. The summed E-state index contributed by atoms with van der Waals surface area (Å²) < 4.78 is 15.8. The molecule has 3 amide bonds. The number of imide groups is 1. The van der Waals surface area contributed by atoms with E-state index in [1.165, 1.54) is 0 Å². The van der Waals surface area contributed by atoms with Crippen molar-refractivity contribution in [1.29, 1.82) is 0 Å². The van der Waals surface area contributed by atoms with Crippen molar-refractivity contribution in [2.24, 2.45) is 0 Å². The number of nitrogens with one attached hydrogen (secondary N) is 2. The number of fused-ring (bicyclic) bond motifs is 1. The Morgan fingerprint density at radius 1 is 1.15 bits per heavy atom. The molecule has 0 aliphatic carbocycles. The molecule has 9 heteroatoms. The average molecular weight is 390 g/mol. The van der Waals surface area contributed by atoms with Crippen LogP contribution in [-0.2, 0) is 20.7 Å². The molecule has 0 spiro atoms. The van der Waals surface area contributed by atoms with E-state index in [1.807, 2.05) is 17.5 Å². The molecule has 8 nitrogen and oxygen atoms in total. The highest BCUT2D eigenvalue weighted by Crippen LogP contribution is 2.31. The zero-order chi connectivity index (χ0) is 19.1. The fourth-order valence-electron chi connectivity index (χ4n) is 2.33. The maximum atomic E-state index is 12.0. The predicted octanol–water partition coefficient (Wildman–Crippen LogP) is 1.50. The summed E-state index contributed by atoms with van der Waals surface area (Å²) in [7, 11) is 0. The maximum Gasteiger partial charge on any atom is 0.351 e. The molecule has 2 aromatic rings. The second-order valence-electron chi connectivity index (χ2n) is 5.61. The number of rotatable bonds is 6. The molecule has 1 aliphatic rings. The lowest BCUT2D eigenvalue weighted by atomic mass is 10.2. The summed E-state index contributed by atoms with van der Waals surface area (Å²) in [5.74, 6) is -0.495. The second-order valence-corrected chi connectivity index (χ2v) is 6.64. The third-order valence-electron chi connectivity index (χ3n) is 3.61. The van der Waals surface area contributed by atoms with Crippen molar-refractivity contribution in [2.75, 3.05) is 19.8 Å². The molecule has 1 atom stereocenters. The number of urea groups is 1. The molecule has 2 heterocycles. The number of amides is 3. The van der Waals surface area contributed by atoms with Crippen LogP contribution >= 0.6 is 11.3 Å². The Kier molecular flexibility index (Phi) is 6.26. The van der Waals surface area contributed by atoms with Crippen molar-refractivity contribution in [1.82, 2.24) is 10.6 Å². The summed E-state index contributed by atoms with van der Waals surface area (Å²) in [5, 5.41) is 6.61. The van der Waals surface area contributed by atoms with E-state index in [1.54, 1.807) is 35.6 Å². The largest absolute Gasteiger partial charge is 0.485 e. The van der Waals surface area contributed by atoms with E-state index in [0.29, 0.717) is 24.5 Å². The number of hydrogen-bond donors (Lipinski definition) is 2. The van der Waals surface area contributed by atoms with Crippen molar-refractivity contribution < 1.29 is 28.6 Å². The van der Waals surface area contributed by atoms with Crippen molar-refractivity contribution >= 4 is 29.2 Å². The SMILES string of the molecule is O=C(COC(=O)C1COc2ccccc2O1)NC(=O)NCCc1cccs1. The number of thiophene rings is 1. The smallest absolute Gasteiger partial charge is 0.351 e. The van der Waals surface area contributed by atoms with Gasteiger partial charge < -0.3 is 19.5 Å². The van der Waals surface area contributed by atoms with Crippen LogP contribution in [0.1, 0.15) is 4.88 Å². The van der Waals surface area contributed by atoms with Crippen molar-refractivity contribution in [2.45, 2.75) is 12.5 Å². The Balaban J connectivity index is 1.35. The Labute approximate surface area is 159 Å². The van der Waals surface area contributed by atoms with Crippen LogP contribution in [0.3, 0.4) is 0 Å². The molecule has 1 aromatic heterocycles. The lowest BCUT2D eigenvalue weighted by molar-refractivity contribution is -0.157. The van der Waals surface area contributed by atoms with E-state index in [0.717, 1.165) is 4.88 Å². The fraction of sp³-hybridized carbons (Fsp3) is 0.278. The minimum absolute atomic E-state index is 0.0132. The molecule has 0 saturated heterocycles. The van der Waals surface area contributed by atoms with Gasteiger partial charge in [0.15, 0.2) is 18.1 Å². The number of hydrogen-bond acceptors (Lipinski definition) is 7. The van der Waals surface area contributed by atoms with Gasteiger partial charge in [0, 0.05) is 11.4 Å². The van der Waals surface area contributed by atoms with E-state index in [4.69, 9.17) is 14.2 Å². The third-order valence-corrected chi connectivity index (χ3v) is 4.54. The zero-order valence-corrected chi connectivity index (χ0v) is 15.1. The first-order valence-corrected chi connectivity index (χ1v) is 9.15. The Bertz CT molecular complexity index is 808. The van der Waals surface area contributed by atoms with Gasteiger partial charge in [0.1, 0.15) is 6.61 Å².